The van der Waals surface area contributed by atoms with Gasteiger partial charge < -0.3 is 10.2 Å². The Hall–Kier alpha value is -0.830. The van der Waals surface area contributed by atoms with Crippen molar-refractivity contribution in [2.24, 2.45) is 50.2 Å². The fourth-order valence-electron chi connectivity index (χ4n) is 10.6. The van der Waals surface area contributed by atoms with Crippen molar-refractivity contribution < 1.29 is 15.0 Å². The number of allylic oxidation sites excluding steroid dienone is 1. The van der Waals surface area contributed by atoms with Crippen LogP contribution in [0.4, 0.5) is 0 Å². The summed E-state index contributed by atoms with van der Waals surface area (Å²) < 4.78 is 0. The number of aliphatic carboxylic acids is 1. The van der Waals surface area contributed by atoms with Crippen molar-refractivity contribution in [3.05, 3.63) is 11.6 Å². The first-order chi connectivity index (χ1) is 15.1. The molecule has 2 N–H and O–H groups in total. The molecule has 33 heavy (non-hydrogen) atoms. The van der Waals surface area contributed by atoms with E-state index in [0.717, 1.165) is 51.4 Å². The molecule has 0 aromatic heterocycles. The molecule has 0 bridgehead atoms. The van der Waals surface area contributed by atoms with Crippen LogP contribution in [0.1, 0.15) is 113 Å². The van der Waals surface area contributed by atoms with Crippen LogP contribution in [-0.2, 0) is 4.79 Å². The quantitative estimate of drug-likeness (QED) is 0.409. The van der Waals surface area contributed by atoms with Gasteiger partial charge in [-0.25, -0.2) is 0 Å². The van der Waals surface area contributed by atoms with Crippen LogP contribution in [0, 0.1) is 50.2 Å². The highest BCUT2D eigenvalue weighted by atomic mass is 16.4. The van der Waals surface area contributed by atoms with Crippen molar-refractivity contribution >= 4 is 5.97 Å². The van der Waals surface area contributed by atoms with E-state index in [4.69, 9.17) is 0 Å². The molecule has 0 aliphatic heterocycles. The molecule has 5 aliphatic rings. The molecule has 0 spiro atoms. The third-order valence-corrected chi connectivity index (χ3v) is 12.9. The van der Waals surface area contributed by atoms with Gasteiger partial charge >= 0.3 is 5.97 Å². The molecule has 4 fully saturated rings. The largest absolute Gasteiger partial charge is 0.481 e. The van der Waals surface area contributed by atoms with E-state index in [0.29, 0.717) is 17.8 Å². The molecule has 5 aliphatic carbocycles. The lowest BCUT2D eigenvalue weighted by Gasteiger charge is -2.70. The average Bonchev–Trinajstić information content (AvgIpc) is 2.71. The van der Waals surface area contributed by atoms with Gasteiger partial charge in [0, 0.05) is 0 Å². The van der Waals surface area contributed by atoms with Crippen molar-refractivity contribution in [2.45, 2.75) is 119 Å². The maximum atomic E-state index is 13.5. The van der Waals surface area contributed by atoms with Gasteiger partial charge in [-0.3, -0.25) is 4.79 Å². The smallest absolute Gasteiger partial charge is 0.314 e. The standard InChI is InChI=1S/C30H48O3/c1-25(2)14-15-27(5)16-17-30(24(32)33)19(20(27)18-25)8-9-22-28(6)12-11-23(31)26(3,4)21(28)10-13-29(22,30)7/h8,20-23,31H,9-18H2,1-7H3,(H,32,33)/t20-,21-,22+,23+,27+,28-,29+,30+/m0/s1. The molecule has 0 amide bonds. The van der Waals surface area contributed by atoms with Gasteiger partial charge in [-0.05, 0) is 109 Å². The van der Waals surface area contributed by atoms with Crippen LogP contribution in [0.2, 0.25) is 0 Å². The molecule has 3 heteroatoms. The third-order valence-electron chi connectivity index (χ3n) is 12.9. The van der Waals surface area contributed by atoms with Crippen LogP contribution in [0.25, 0.3) is 0 Å². The summed E-state index contributed by atoms with van der Waals surface area (Å²) in [6, 6.07) is 0. The minimum Gasteiger partial charge on any atom is -0.481 e. The van der Waals surface area contributed by atoms with E-state index in [9.17, 15) is 15.0 Å². The maximum Gasteiger partial charge on any atom is 0.314 e. The molecule has 0 heterocycles. The summed E-state index contributed by atoms with van der Waals surface area (Å²) in [4.78, 5) is 13.5. The van der Waals surface area contributed by atoms with Crippen LogP contribution in [0.15, 0.2) is 11.6 Å². The second-order valence-corrected chi connectivity index (χ2v) is 15.1. The summed E-state index contributed by atoms with van der Waals surface area (Å²) in [6.07, 6.45) is 12.6. The number of aliphatic hydroxyl groups is 1. The normalized spacial score (nSPS) is 52.4. The molecular weight excluding hydrogens is 408 g/mol. The summed E-state index contributed by atoms with van der Waals surface area (Å²) in [5, 5.41) is 22.0. The van der Waals surface area contributed by atoms with Crippen molar-refractivity contribution in [1.82, 2.24) is 0 Å². The van der Waals surface area contributed by atoms with E-state index >= 15 is 0 Å². The first-order valence-electron chi connectivity index (χ1n) is 13.8. The Kier molecular flexibility index (Phi) is 4.99. The van der Waals surface area contributed by atoms with E-state index in [1.165, 1.54) is 18.4 Å². The SMILES string of the molecule is CC1(C)CC[C@]2(C)CC[C@]3(C(=O)O)C(=CC[C@@H]4[C@@]5(C)CC[C@@H](O)C(C)(C)[C@@H]5CC[C@]43C)[C@@H]2C1. The van der Waals surface area contributed by atoms with Gasteiger partial charge in [-0.2, -0.15) is 0 Å². The van der Waals surface area contributed by atoms with Crippen molar-refractivity contribution in [3.8, 4) is 0 Å². The maximum absolute atomic E-state index is 13.5. The molecule has 0 aromatic rings. The fourth-order valence-corrected chi connectivity index (χ4v) is 10.6. The molecule has 4 saturated carbocycles. The Morgan fingerprint density at radius 2 is 1.55 bits per heavy atom. The van der Waals surface area contributed by atoms with Gasteiger partial charge in [-0.1, -0.05) is 60.1 Å². The van der Waals surface area contributed by atoms with Crippen LogP contribution in [0.5, 0.6) is 0 Å². The van der Waals surface area contributed by atoms with Gasteiger partial charge in [0.25, 0.3) is 0 Å². The van der Waals surface area contributed by atoms with Crippen molar-refractivity contribution in [1.29, 1.82) is 0 Å². The summed E-state index contributed by atoms with van der Waals surface area (Å²) in [5.41, 5.74) is 0.906. The van der Waals surface area contributed by atoms with Gasteiger partial charge in [-0.15, -0.1) is 0 Å². The summed E-state index contributed by atoms with van der Waals surface area (Å²) in [5.74, 6) is 0.675. The Bertz CT molecular complexity index is 885. The van der Waals surface area contributed by atoms with Gasteiger partial charge in [0.1, 0.15) is 0 Å². The Morgan fingerprint density at radius 3 is 2.21 bits per heavy atom. The van der Waals surface area contributed by atoms with E-state index in [1.54, 1.807) is 0 Å². The summed E-state index contributed by atoms with van der Waals surface area (Å²) in [7, 11) is 0. The van der Waals surface area contributed by atoms with E-state index < -0.39 is 11.4 Å². The zero-order chi connectivity index (χ0) is 24.2. The molecule has 0 saturated heterocycles. The van der Waals surface area contributed by atoms with Crippen molar-refractivity contribution in [2.75, 3.05) is 0 Å². The topological polar surface area (TPSA) is 57.5 Å². The highest BCUT2D eigenvalue weighted by Gasteiger charge is 2.71. The first-order valence-corrected chi connectivity index (χ1v) is 13.8. The van der Waals surface area contributed by atoms with Crippen LogP contribution in [0.3, 0.4) is 0 Å². The Morgan fingerprint density at radius 1 is 0.879 bits per heavy atom. The van der Waals surface area contributed by atoms with Gasteiger partial charge in [0.2, 0.25) is 0 Å². The van der Waals surface area contributed by atoms with Gasteiger partial charge in [0.05, 0.1) is 11.5 Å². The minimum absolute atomic E-state index is 0.0901. The van der Waals surface area contributed by atoms with E-state index in [-0.39, 0.29) is 33.2 Å². The molecule has 186 valence electrons. The number of rotatable bonds is 1. The molecule has 8 atom stereocenters. The zero-order valence-electron chi connectivity index (χ0n) is 22.3. The number of carboxylic acid groups (broad SMARTS) is 1. The first kappa shape index (κ1) is 23.9. The van der Waals surface area contributed by atoms with E-state index in [1.807, 2.05) is 0 Å². The average molecular weight is 457 g/mol. The number of aliphatic hydroxyl groups excluding tert-OH is 1. The summed E-state index contributed by atoms with van der Waals surface area (Å²) >= 11 is 0. The minimum atomic E-state index is -0.721. The lowest BCUT2D eigenvalue weighted by Crippen LogP contribution is -2.66. The predicted octanol–water partition coefficient (Wildman–Crippen LogP) is 7.23. The fraction of sp³-hybridized carbons (Fsp3) is 0.900. The lowest BCUT2D eigenvalue weighted by atomic mass is 9.33. The second kappa shape index (κ2) is 6.89. The predicted molar refractivity (Wildman–Crippen MR) is 133 cm³/mol. The van der Waals surface area contributed by atoms with Gasteiger partial charge in [0.15, 0.2) is 0 Å². The zero-order valence-corrected chi connectivity index (χ0v) is 22.3. The molecule has 0 radical (unpaired) electrons. The summed E-state index contributed by atoms with van der Waals surface area (Å²) in [6.45, 7) is 16.6. The molecule has 5 rings (SSSR count). The van der Waals surface area contributed by atoms with E-state index in [2.05, 4.69) is 54.5 Å². The number of hydrogen-bond acceptors (Lipinski definition) is 2. The monoisotopic (exact) mass is 456 g/mol. The Balaban J connectivity index is 1.64. The number of carbonyl (C=O) groups is 1. The van der Waals surface area contributed by atoms with Crippen LogP contribution in [-0.4, -0.2) is 22.3 Å². The third kappa shape index (κ3) is 2.87. The lowest BCUT2D eigenvalue weighted by molar-refractivity contribution is -0.213. The highest BCUT2D eigenvalue weighted by molar-refractivity contribution is 5.81. The molecule has 3 nitrogen and oxygen atoms in total. The van der Waals surface area contributed by atoms with Crippen LogP contribution < -0.4 is 0 Å². The highest BCUT2D eigenvalue weighted by Crippen LogP contribution is 2.75. The number of carboxylic acids is 1. The Labute approximate surface area is 201 Å². The van der Waals surface area contributed by atoms with Crippen LogP contribution >= 0.6 is 0 Å². The molecule has 0 aromatic carbocycles. The number of hydrogen-bond donors (Lipinski definition) is 2. The van der Waals surface area contributed by atoms with Crippen molar-refractivity contribution in [3.63, 3.8) is 0 Å². The molecular formula is C30H48O3. The molecule has 0 unspecified atom stereocenters. The number of fused-ring (bicyclic) bond motifs is 7. The second-order valence-electron chi connectivity index (χ2n) is 15.1.